The van der Waals surface area contributed by atoms with E-state index in [0.717, 1.165) is 5.56 Å². The Kier molecular flexibility index (Phi) is 4.98. The van der Waals surface area contributed by atoms with Crippen LogP contribution >= 0.6 is 0 Å². The summed E-state index contributed by atoms with van der Waals surface area (Å²) < 4.78 is 46.8. The predicted molar refractivity (Wildman–Crippen MR) is 73.6 cm³/mol. The fraction of sp³-hybridized carbons (Fsp3) is 0.600. The van der Waals surface area contributed by atoms with Gasteiger partial charge in [0, 0.05) is 12.6 Å². The third-order valence-electron chi connectivity index (χ3n) is 3.38. The van der Waals surface area contributed by atoms with E-state index in [1.165, 1.54) is 12.5 Å². The largest absolute Gasteiger partial charge is 0.490 e. The SMILES string of the molecule is CCOc1cc(CNC2CC2C)ccc1OCC(F)(F)F. The lowest BCUT2D eigenvalue weighted by atomic mass is 10.2. The summed E-state index contributed by atoms with van der Waals surface area (Å²) in [7, 11) is 0. The van der Waals surface area contributed by atoms with Gasteiger partial charge in [-0.2, -0.15) is 13.2 Å². The van der Waals surface area contributed by atoms with Crippen molar-refractivity contribution in [3.05, 3.63) is 23.8 Å². The van der Waals surface area contributed by atoms with Crippen LogP contribution in [0.4, 0.5) is 13.2 Å². The summed E-state index contributed by atoms with van der Waals surface area (Å²) >= 11 is 0. The van der Waals surface area contributed by atoms with Crippen LogP contribution < -0.4 is 14.8 Å². The van der Waals surface area contributed by atoms with Gasteiger partial charge >= 0.3 is 6.18 Å². The molecular formula is C15H20F3NO2. The number of ether oxygens (including phenoxy) is 2. The molecule has 21 heavy (non-hydrogen) atoms. The standard InChI is InChI=1S/C15H20F3NO2/c1-3-20-14-7-11(8-19-12-6-10(12)2)4-5-13(14)21-9-15(16,17)18/h4-5,7,10,12,19H,3,6,8-9H2,1-2H3. The van der Waals surface area contributed by atoms with E-state index in [0.29, 0.717) is 30.9 Å². The molecule has 0 saturated heterocycles. The van der Waals surface area contributed by atoms with Gasteiger partial charge in [0.05, 0.1) is 6.61 Å². The lowest BCUT2D eigenvalue weighted by molar-refractivity contribution is -0.153. The summed E-state index contributed by atoms with van der Waals surface area (Å²) in [6, 6.07) is 5.56. The van der Waals surface area contributed by atoms with Crippen LogP contribution in [0.1, 0.15) is 25.8 Å². The molecule has 0 radical (unpaired) electrons. The average molecular weight is 303 g/mol. The van der Waals surface area contributed by atoms with Crippen LogP contribution in [-0.4, -0.2) is 25.4 Å². The van der Waals surface area contributed by atoms with Gasteiger partial charge < -0.3 is 14.8 Å². The number of rotatable bonds is 7. The molecule has 0 spiro atoms. The van der Waals surface area contributed by atoms with Crippen LogP contribution in [0.3, 0.4) is 0 Å². The van der Waals surface area contributed by atoms with Crippen molar-refractivity contribution in [2.24, 2.45) is 5.92 Å². The van der Waals surface area contributed by atoms with E-state index >= 15 is 0 Å². The van der Waals surface area contributed by atoms with Crippen LogP contribution in [0.5, 0.6) is 11.5 Å². The highest BCUT2D eigenvalue weighted by Crippen LogP contribution is 2.32. The Morgan fingerprint density at radius 3 is 2.52 bits per heavy atom. The fourth-order valence-corrected chi connectivity index (χ4v) is 2.07. The molecule has 0 aliphatic heterocycles. The summed E-state index contributed by atoms with van der Waals surface area (Å²) in [5.74, 6) is 1.17. The Balaban J connectivity index is 1.99. The van der Waals surface area contributed by atoms with Crippen LogP contribution in [0.25, 0.3) is 0 Å². The fourth-order valence-electron chi connectivity index (χ4n) is 2.07. The molecule has 1 saturated carbocycles. The minimum absolute atomic E-state index is 0.123. The van der Waals surface area contributed by atoms with Gasteiger partial charge in [0.15, 0.2) is 18.1 Å². The second kappa shape index (κ2) is 6.56. The zero-order valence-corrected chi connectivity index (χ0v) is 12.2. The van der Waals surface area contributed by atoms with Crippen LogP contribution in [0.15, 0.2) is 18.2 Å². The lowest BCUT2D eigenvalue weighted by Gasteiger charge is -2.14. The number of alkyl halides is 3. The number of halogens is 3. The van der Waals surface area contributed by atoms with Crippen molar-refractivity contribution in [3.8, 4) is 11.5 Å². The maximum atomic E-state index is 12.2. The summed E-state index contributed by atoms with van der Waals surface area (Å²) in [4.78, 5) is 0. The van der Waals surface area contributed by atoms with Crippen molar-refractivity contribution < 1.29 is 22.6 Å². The summed E-state index contributed by atoms with van der Waals surface area (Å²) in [6.45, 7) is 3.69. The van der Waals surface area contributed by atoms with Crippen molar-refractivity contribution >= 4 is 0 Å². The van der Waals surface area contributed by atoms with Gasteiger partial charge in [-0.15, -0.1) is 0 Å². The molecule has 1 fully saturated rings. The zero-order chi connectivity index (χ0) is 15.5. The van der Waals surface area contributed by atoms with E-state index < -0.39 is 12.8 Å². The average Bonchev–Trinajstić information content (AvgIpc) is 3.11. The molecule has 0 amide bonds. The highest BCUT2D eigenvalue weighted by Gasteiger charge is 2.31. The van der Waals surface area contributed by atoms with Gasteiger partial charge in [-0.25, -0.2) is 0 Å². The third kappa shape index (κ3) is 5.12. The zero-order valence-electron chi connectivity index (χ0n) is 12.2. The van der Waals surface area contributed by atoms with Crippen LogP contribution in [0, 0.1) is 5.92 Å². The molecule has 0 bridgehead atoms. The molecule has 2 rings (SSSR count). The smallest absolute Gasteiger partial charge is 0.422 e. The highest BCUT2D eigenvalue weighted by atomic mass is 19.4. The molecular weight excluding hydrogens is 283 g/mol. The van der Waals surface area contributed by atoms with E-state index in [1.807, 2.05) is 0 Å². The van der Waals surface area contributed by atoms with E-state index in [9.17, 15) is 13.2 Å². The van der Waals surface area contributed by atoms with Crippen molar-refractivity contribution in [1.82, 2.24) is 5.32 Å². The molecule has 118 valence electrons. The second-order valence-corrected chi connectivity index (χ2v) is 5.32. The Hall–Kier alpha value is -1.43. The van der Waals surface area contributed by atoms with E-state index in [2.05, 4.69) is 12.2 Å². The molecule has 6 heteroatoms. The van der Waals surface area contributed by atoms with Crippen molar-refractivity contribution in [2.45, 2.75) is 39.0 Å². The Bertz CT molecular complexity index is 476. The lowest BCUT2D eigenvalue weighted by Crippen LogP contribution is -2.20. The van der Waals surface area contributed by atoms with Crippen LogP contribution in [-0.2, 0) is 6.54 Å². The topological polar surface area (TPSA) is 30.5 Å². The first-order chi connectivity index (χ1) is 9.89. The maximum Gasteiger partial charge on any atom is 0.422 e. The third-order valence-corrected chi connectivity index (χ3v) is 3.38. The molecule has 1 aromatic rings. The van der Waals surface area contributed by atoms with Crippen molar-refractivity contribution in [2.75, 3.05) is 13.2 Å². The first-order valence-corrected chi connectivity index (χ1v) is 7.07. The van der Waals surface area contributed by atoms with Crippen LogP contribution in [0.2, 0.25) is 0 Å². The molecule has 0 aromatic heterocycles. The van der Waals surface area contributed by atoms with Gasteiger partial charge in [-0.05, 0) is 37.0 Å². The van der Waals surface area contributed by atoms with Gasteiger partial charge in [0.1, 0.15) is 0 Å². The van der Waals surface area contributed by atoms with E-state index in [1.54, 1.807) is 19.1 Å². The van der Waals surface area contributed by atoms with Crippen molar-refractivity contribution in [1.29, 1.82) is 0 Å². The predicted octanol–water partition coefficient (Wildman–Crippen LogP) is 3.52. The van der Waals surface area contributed by atoms with Gasteiger partial charge in [0.25, 0.3) is 0 Å². The number of hydrogen-bond acceptors (Lipinski definition) is 3. The summed E-state index contributed by atoms with van der Waals surface area (Å²) in [6.07, 6.45) is -3.18. The minimum Gasteiger partial charge on any atom is -0.490 e. The van der Waals surface area contributed by atoms with E-state index in [-0.39, 0.29) is 5.75 Å². The van der Waals surface area contributed by atoms with E-state index in [4.69, 9.17) is 9.47 Å². The highest BCUT2D eigenvalue weighted by molar-refractivity contribution is 5.43. The normalized spacial score (nSPS) is 21.2. The summed E-state index contributed by atoms with van der Waals surface area (Å²) in [5, 5.41) is 3.39. The maximum absolute atomic E-state index is 12.2. The first kappa shape index (κ1) is 15.9. The molecule has 3 nitrogen and oxygen atoms in total. The van der Waals surface area contributed by atoms with Gasteiger partial charge in [0.2, 0.25) is 0 Å². The molecule has 0 heterocycles. The second-order valence-electron chi connectivity index (χ2n) is 5.32. The Morgan fingerprint density at radius 1 is 1.24 bits per heavy atom. The van der Waals surface area contributed by atoms with Gasteiger partial charge in [-0.1, -0.05) is 13.0 Å². The quantitative estimate of drug-likeness (QED) is 0.836. The monoisotopic (exact) mass is 303 g/mol. The van der Waals surface area contributed by atoms with Crippen molar-refractivity contribution in [3.63, 3.8) is 0 Å². The first-order valence-electron chi connectivity index (χ1n) is 7.07. The minimum atomic E-state index is -4.36. The molecule has 2 atom stereocenters. The Labute approximate surface area is 122 Å². The molecule has 1 aromatic carbocycles. The molecule has 2 unspecified atom stereocenters. The Morgan fingerprint density at radius 2 is 1.95 bits per heavy atom. The molecule has 1 N–H and O–H groups in total. The number of nitrogens with one attached hydrogen (secondary N) is 1. The summed E-state index contributed by atoms with van der Waals surface area (Å²) in [5.41, 5.74) is 0.969. The number of hydrogen-bond donors (Lipinski definition) is 1. The molecule has 1 aliphatic carbocycles. The number of benzene rings is 1. The van der Waals surface area contributed by atoms with Gasteiger partial charge in [-0.3, -0.25) is 0 Å². The molecule has 1 aliphatic rings.